The van der Waals surface area contributed by atoms with Gasteiger partial charge in [-0.3, -0.25) is 4.57 Å². The second-order valence-electron chi connectivity index (χ2n) is 3.04. The molecule has 0 saturated heterocycles. The fourth-order valence-corrected chi connectivity index (χ4v) is 2.93. The minimum Gasteiger partial charge on any atom is -0.376 e. The molecule has 0 spiro atoms. The van der Waals surface area contributed by atoms with Crippen molar-refractivity contribution in [3.63, 3.8) is 0 Å². The molecule has 0 aromatic heterocycles. The van der Waals surface area contributed by atoms with Crippen LogP contribution in [-0.4, -0.2) is 29.0 Å². The second kappa shape index (κ2) is 5.47. The Labute approximate surface area is 90.1 Å². The highest BCUT2D eigenvalue weighted by Gasteiger charge is 2.49. The summed E-state index contributed by atoms with van der Waals surface area (Å²) in [7, 11) is -3.55. The lowest BCUT2D eigenvalue weighted by Crippen LogP contribution is -2.35. The Kier molecular flexibility index (Phi) is 5.63. The molecule has 0 aliphatic rings. The van der Waals surface area contributed by atoms with Gasteiger partial charge < -0.3 is 14.2 Å². The summed E-state index contributed by atoms with van der Waals surface area (Å²) in [4.78, 5) is 0. The van der Waals surface area contributed by atoms with Crippen molar-refractivity contribution in [1.29, 1.82) is 0 Å². The van der Waals surface area contributed by atoms with E-state index < -0.39 is 18.3 Å². The molecule has 0 aliphatic heterocycles. The van der Waals surface area contributed by atoms with E-state index in [0.717, 1.165) is 0 Å². The SMILES string of the molecule is CCOP(=O)(OCC)C(C)(O)C(C)Cl. The van der Waals surface area contributed by atoms with Crippen molar-refractivity contribution in [3.8, 4) is 0 Å². The highest BCUT2D eigenvalue weighted by Crippen LogP contribution is 2.60. The number of rotatable bonds is 6. The van der Waals surface area contributed by atoms with Gasteiger partial charge >= 0.3 is 7.60 Å². The number of hydrogen-bond donors (Lipinski definition) is 1. The van der Waals surface area contributed by atoms with Gasteiger partial charge in [0.05, 0.1) is 18.6 Å². The Morgan fingerprint density at radius 2 is 1.79 bits per heavy atom. The molecule has 14 heavy (non-hydrogen) atoms. The molecule has 1 N–H and O–H groups in total. The van der Waals surface area contributed by atoms with Gasteiger partial charge in [-0.25, -0.2) is 0 Å². The quantitative estimate of drug-likeness (QED) is 0.576. The van der Waals surface area contributed by atoms with Crippen LogP contribution in [-0.2, 0) is 13.6 Å². The van der Waals surface area contributed by atoms with Crippen LogP contribution in [0.2, 0.25) is 0 Å². The first-order valence-corrected chi connectivity index (χ1v) is 6.55. The molecule has 6 heteroatoms. The van der Waals surface area contributed by atoms with Gasteiger partial charge in [0, 0.05) is 0 Å². The highest BCUT2D eigenvalue weighted by atomic mass is 35.5. The number of alkyl halides is 1. The van der Waals surface area contributed by atoms with Crippen LogP contribution in [0.1, 0.15) is 27.7 Å². The Morgan fingerprint density at radius 1 is 1.43 bits per heavy atom. The molecule has 2 atom stereocenters. The third kappa shape index (κ3) is 2.94. The van der Waals surface area contributed by atoms with Crippen LogP contribution in [0.15, 0.2) is 0 Å². The lowest BCUT2D eigenvalue weighted by Gasteiger charge is -2.32. The van der Waals surface area contributed by atoms with Crippen LogP contribution in [0.5, 0.6) is 0 Å². The van der Waals surface area contributed by atoms with Crippen LogP contribution >= 0.6 is 19.2 Å². The van der Waals surface area contributed by atoms with Crippen molar-refractivity contribution in [2.24, 2.45) is 0 Å². The van der Waals surface area contributed by atoms with Gasteiger partial charge in [-0.1, -0.05) is 0 Å². The monoisotopic (exact) mass is 244 g/mol. The fraction of sp³-hybridized carbons (Fsp3) is 1.00. The standard InChI is InChI=1S/C8H18ClO4P/c1-5-12-14(11,13-6-2)8(4,10)7(3)9/h7,10H,5-6H2,1-4H3. The average molecular weight is 245 g/mol. The van der Waals surface area contributed by atoms with Crippen molar-refractivity contribution in [2.45, 2.75) is 38.4 Å². The number of aliphatic hydroxyl groups is 1. The molecule has 0 aromatic rings. The van der Waals surface area contributed by atoms with Gasteiger partial charge in [-0.05, 0) is 27.7 Å². The zero-order chi connectivity index (χ0) is 11.4. The molecule has 4 nitrogen and oxygen atoms in total. The molecule has 86 valence electrons. The lowest BCUT2D eigenvalue weighted by molar-refractivity contribution is 0.0813. The lowest BCUT2D eigenvalue weighted by atomic mass is 10.3. The molecule has 2 unspecified atom stereocenters. The maximum absolute atomic E-state index is 12.1. The van der Waals surface area contributed by atoms with Crippen molar-refractivity contribution in [1.82, 2.24) is 0 Å². The van der Waals surface area contributed by atoms with Crippen molar-refractivity contribution >= 4 is 19.2 Å². The zero-order valence-corrected chi connectivity index (χ0v) is 10.6. The van der Waals surface area contributed by atoms with Gasteiger partial charge in [0.15, 0.2) is 5.34 Å². The maximum atomic E-state index is 12.1. The fourth-order valence-electron chi connectivity index (χ4n) is 0.856. The first-order valence-electron chi connectivity index (χ1n) is 4.57. The molecule has 0 saturated carbocycles. The predicted molar refractivity (Wildman–Crippen MR) is 56.8 cm³/mol. The number of hydrogen-bond acceptors (Lipinski definition) is 4. The van der Waals surface area contributed by atoms with E-state index in [-0.39, 0.29) is 13.2 Å². The van der Waals surface area contributed by atoms with Crippen LogP contribution < -0.4 is 0 Å². The van der Waals surface area contributed by atoms with Crippen molar-refractivity contribution in [2.75, 3.05) is 13.2 Å². The Balaban J connectivity index is 4.89. The summed E-state index contributed by atoms with van der Waals surface area (Å²) >= 11 is 5.74. The third-order valence-corrected chi connectivity index (χ3v) is 5.18. The molecule has 0 radical (unpaired) electrons. The molecule has 0 bridgehead atoms. The van der Waals surface area contributed by atoms with E-state index in [4.69, 9.17) is 20.6 Å². The summed E-state index contributed by atoms with van der Waals surface area (Å²) < 4.78 is 22.1. The predicted octanol–water partition coefficient (Wildman–Crippen LogP) is 2.59. The minimum absolute atomic E-state index is 0.205. The van der Waals surface area contributed by atoms with Gasteiger partial charge in [0.25, 0.3) is 0 Å². The highest BCUT2D eigenvalue weighted by molar-refractivity contribution is 7.55. The summed E-state index contributed by atoms with van der Waals surface area (Å²) in [5, 5.41) is 7.55. The molecule has 0 aliphatic carbocycles. The van der Waals surface area contributed by atoms with Gasteiger partial charge in [-0.2, -0.15) is 0 Å². The van der Waals surface area contributed by atoms with E-state index in [1.165, 1.54) is 6.92 Å². The smallest absolute Gasteiger partial charge is 0.363 e. The van der Waals surface area contributed by atoms with E-state index in [2.05, 4.69) is 0 Å². The molecule has 0 rings (SSSR count). The summed E-state index contributed by atoms with van der Waals surface area (Å²) in [5.74, 6) is 0. The van der Waals surface area contributed by atoms with Gasteiger partial charge in [-0.15, -0.1) is 11.6 Å². The van der Waals surface area contributed by atoms with Crippen LogP contribution in [0.25, 0.3) is 0 Å². The molecule has 0 fully saturated rings. The average Bonchev–Trinajstić information content (AvgIpc) is 2.04. The molecule has 0 heterocycles. The van der Waals surface area contributed by atoms with Crippen LogP contribution in [0.3, 0.4) is 0 Å². The normalized spacial score (nSPS) is 19.0. The Morgan fingerprint density at radius 3 is 2.00 bits per heavy atom. The van der Waals surface area contributed by atoms with E-state index in [9.17, 15) is 9.67 Å². The molecule has 0 aromatic carbocycles. The van der Waals surface area contributed by atoms with Crippen LogP contribution in [0.4, 0.5) is 0 Å². The van der Waals surface area contributed by atoms with Crippen molar-refractivity contribution < 1.29 is 18.7 Å². The van der Waals surface area contributed by atoms with Gasteiger partial charge in [0.1, 0.15) is 0 Å². The maximum Gasteiger partial charge on any atom is 0.363 e. The first-order chi connectivity index (χ1) is 6.31. The van der Waals surface area contributed by atoms with Gasteiger partial charge in [0.2, 0.25) is 0 Å². The van der Waals surface area contributed by atoms with Crippen LogP contribution in [0, 0.1) is 0 Å². The third-order valence-electron chi connectivity index (χ3n) is 1.91. The Bertz CT molecular complexity index is 207. The Hall–Kier alpha value is 0.400. The molecular formula is C8H18ClO4P. The van der Waals surface area contributed by atoms with E-state index in [1.54, 1.807) is 20.8 Å². The largest absolute Gasteiger partial charge is 0.376 e. The minimum atomic E-state index is -3.55. The van der Waals surface area contributed by atoms with Crippen molar-refractivity contribution in [3.05, 3.63) is 0 Å². The summed E-state index contributed by atoms with van der Waals surface area (Å²) in [5.41, 5.74) is 0. The first kappa shape index (κ1) is 14.4. The van der Waals surface area contributed by atoms with E-state index in [0.29, 0.717) is 0 Å². The molecular weight excluding hydrogens is 227 g/mol. The summed E-state index contributed by atoms with van der Waals surface area (Å²) in [6.07, 6.45) is 0. The topological polar surface area (TPSA) is 55.8 Å². The number of halogens is 1. The summed E-state index contributed by atoms with van der Waals surface area (Å²) in [6.45, 7) is 6.68. The molecule has 0 amide bonds. The van der Waals surface area contributed by atoms with E-state index >= 15 is 0 Å². The zero-order valence-electron chi connectivity index (χ0n) is 8.99. The second-order valence-corrected chi connectivity index (χ2v) is 6.11. The summed E-state index contributed by atoms with van der Waals surface area (Å²) in [6, 6.07) is 0. The van der Waals surface area contributed by atoms with E-state index in [1.807, 2.05) is 0 Å².